The molecule has 0 saturated carbocycles. The highest BCUT2D eigenvalue weighted by Crippen LogP contribution is 2.16. The highest BCUT2D eigenvalue weighted by atomic mass is 15.1. The highest BCUT2D eigenvalue weighted by Gasteiger charge is 2.05. The molecule has 4 heteroatoms. The lowest BCUT2D eigenvalue weighted by Gasteiger charge is -2.07. The maximum Gasteiger partial charge on any atom is 0.137 e. The van der Waals surface area contributed by atoms with Crippen molar-refractivity contribution in [1.82, 2.24) is 9.97 Å². The normalized spacial score (nSPS) is 11.2. The predicted octanol–water partition coefficient (Wildman–Crippen LogP) is -0.101. The Hall–Kier alpha value is -1.68. The Balaban J connectivity index is 2.34. The summed E-state index contributed by atoms with van der Waals surface area (Å²) >= 11 is 0. The molecule has 1 aromatic heterocycles. The molecule has 0 aliphatic rings. The lowest BCUT2D eigenvalue weighted by atomic mass is 10.2. The Morgan fingerprint density at radius 1 is 1.19 bits per heavy atom. The van der Waals surface area contributed by atoms with Crippen LogP contribution < -0.4 is 10.6 Å². The molecule has 0 radical (unpaired) electrons. The number of nitrogen functional groups attached to an aromatic ring is 1. The van der Waals surface area contributed by atoms with Gasteiger partial charge in [-0.1, -0.05) is 12.1 Å². The van der Waals surface area contributed by atoms with Gasteiger partial charge in [0.15, 0.2) is 0 Å². The van der Waals surface area contributed by atoms with Gasteiger partial charge in [-0.05, 0) is 12.1 Å². The SMILES string of the molecule is C[NH+](C)CCc1nc(N)c2ccccc2n1. The van der Waals surface area contributed by atoms with Gasteiger partial charge in [0.2, 0.25) is 0 Å². The number of benzene rings is 1. The van der Waals surface area contributed by atoms with Gasteiger partial charge in [-0.3, -0.25) is 0 Å². The topological polar surface area (TPSA) is 56.2 Å². The van der Waals surface area contributed by atoms with E-state index in [9.17, 15) is 0 Å². The van der Waals surface area contributed by atoms with E-state index < -0.39 is 0 Å². The molecular weight excluding hydrogens is 200 g/mol. The first-order valence-electron chi connectivity index (χ1n) is 5.47. The lowest BCUT2D eigenvalue weighted by molar-refractivity contribution is -0.858. The summed E-state index contributed by atoms with van der Waals surface area (Å²) in [5, 5.41) is 0.934. The van der Waals surface area contributed by atoms with Gasteiger partial charge in [-0.25, -0.2) is 9.97 Å². The Morgan fingerprint density at radius 3 is 2.69 bits per heavy atom. The van der Waals surface area contributed by atoms with E-state index in [2.05, 4.69) is 24.1 Å². The molecular formula is C12H17N4+. The minimum absolute atomic E-state index is 0.578. The Bertz CT molecular complexity index is 493. The molecule has 1 heterocycles. The molecule has 0 aliphatic carbocycles. The number of fused-ring (bicyclic) bond motifs is 1. The quantitative estimate of drug-likeness (QED) is 0.755. The largest absolute Gasteiger partial charge is 0.383 e. The summed E-state index contributed by atoms with van der Waals surface area (Å²) < 4.78 is 0. The van der Waals surface area contributed by atoms with Crippen molar-refractivity contribution in [3.05, 3.63) is 30.1 Å². The van der Waals surface area contributed by atoms with Gasteiger partial charge in [-0.2, -0.15) is 0 Å². The maximum atomic E-state index is 5.91. The van der Waals surface area contributed by atoms with E-state index in [0.717, 1.165) is 29.7 Å². The number of rotatable bonds is 3. The van der Waals surface area contributed by atoms with Crippen molar-refractivity contribution in [2.45, 2.75) is 6.42 Å². The van der Waals surface area contributed by atoms with Crippen molar-refractivity contribution >= 4 is 16.7 Å². The standard InChI is InChI=1S/C12H16N4/c1-16(2)8-7-11-14-10-6-4-3-5-9(10)12(13)15-11/h3-6H,7-8H2,1-2H3,(H2,13,14,15)/p+1. The predicted molar refractivity (Wildman–Crippen MR) is 65.3 cm³/mol. The third-order valence-corrected chi connectivity index (χ3v) is 2.53. The Kier molecular flexibility index (Phi) is 3.01. The molecule has 0 atom stereocenters. The van der Waals surface area contributed by atoms with E-state index in [1.807, 2.05) is 24.3 Å². The molecule has 0 fully saturated rings. The lowest BCUT2D eigenvalue weighted by Crippen LogP contribution is -3.06. The number of quaternary nitrogens is 1. The number of nitrogens with one attached hydrogen (secondary N) is 1. The zero-order valence-electron chi connectivity index (χ0n) is 9.70. The second-order valence-electron chi connectivity index (χ2n) is 4.25. The molecule has 0 aliphatic heterocycles. The number of hydrogen-bond acceptors (Lipinski definition) is 3. The van der Waals surface area contributed by atoms with Gasteiger partial charge in [0.05, 0.1) is 32.6 Å². The van der Waals surface area contributed by atoms with Gasteiger partial charge in [0, 0.05) is 5.39 Å². The van der Waals surface area contributed by atoms with Crippen LogP contribution in [0.25, 0.3) is 10.9 Å². The van der Waals surface area contributed by atoms with Crippen LogP contribution in [0.1, 0.15) is 5.82 Å². The third kappa shape index (κ3) is 2.28. The summed E-state index contributed by atoms with van der Waals surface area (Å²) in [6.07, 6.45) is 0.858. The van der Waals surface area contributed by atoms with Gasteiger partial charge in [0.1, 0.15) is 11.6 Å². The summed E-state index contributed by atoms with van der Waals surface area (Å²) in [7, 11) is 4.23. The molecule has 0 saturated heterocycles. The molecule has 3 N–H and O–H groups in total. The van der Waals surface area contributed by atoms with Crippen molar-refractivity contribution in [2.24, 2.45) is 0 Å². The van der Waals surface area contributed by atoms with Crippen LogP contribution >= 0.6 is 0 Å². The second-order valence-corrected chi connectivity index (χ2v) is 4.25. The minimum atomic E-state index is 0.578. The Labute approximate surface area is 95.1 Å². The molecule has 2 rings (SSSR count). The van der Waals surface area contributed by atoms with Crippen molar-refractivity contribution in [2.75, 3.05) is 26.4 Å². The first kappa shape index (κ1) is 10.8. The van der Waals surface area contributed by atoms with Crippen LogP contribution in [0.3, 0.4) is 0 Å². The summed E-state index contributed by atoms with van der Waals surface area (Å²) in [6.45, 7) is 1.01. The number of nitrogens with two attached hydrogens (primary N) is 1. The van der Waals surface area contributed by atoms with Gasteiger partial charge in [0.25, 0.3) is 0 Å². The number of likely N-dealkylation sites (N-methyl/N-ethyl adjacent to an activating group) is 1. The summed E-state index contributed by atoms with van der Waals surface area (Å²) in [4.78, 5) is 10.2. The number of para-hydroxylation sites is 1. The zero-order valence-corrected chi connectivity index (χ0v) is 9.70. The number of hydrogen-bond donors (Lipinski definition) is 2. The Morgan fingerprint density at radius 2 is 1.94 bits per heavy atom. The minimum Gasteiger partial charge on any atom is -0.383 e. The molecule has 0 spiro atoms. The molecule has 16 heavy (non-hydrogen) atoms. The summed E-state index contributed by atoms with van der Waals surface area (Å²) in [5.41, 5.74) is 6.83. The fourth-order valence-electron chi connectivity index (χ4n) is 1.62. The number of aromatic nitrogens is 2. The van der Waals surface area contributed by atoms with Crippen LogP contribution in [-0.4, -0.2) is 30.6 Å². The van der Waals surface area contributed by atoms with Gasteiger partial charge < -0.3 is 10.6 Å². The number of anilines is 1. The van der Waals surface area contributed by atoms with Crippen LogP contribution in [0.2, 0.25) is 0 Å². The molecule has 2 aromatic rings. The molecule has 0 bridgehead atoms. The molecule has 0 amide bonds. The van der Waals surface area contributed by atoms with Crippen LogP contribution in [0.4, 0.5) is 5.82 Å². The maximum absolute atomic E-state index is 5.91. The fourth-order valence-corrected chi connectivity index (χ4v) is 1.62. The van der Waals surface area contributed by atoms with Crippen LogP contribution in [0.5, 0.6) is 0 Å². The van der Waals surface area contributed by atoms with Crippen molar-refractivity contribution < 1.29 is 4.90 Å². The van der Waals surface area contributed by atoms with Crippen LogP contribution in [0, 0.1) is 0 Å². The smallest absolute Gasteiger partial charge is 0.137 e. The zero-order chi connectivity index (χ0) is 11.5. The van der Waals surface area contributed by atoms with Gasteiger partial charge in [-0.15, -0.1) is 0 Å². The number of nitrogens with zero attached hydrogens (tertiary/aromatic N) is 2. The van der Waals surface area contributed by atoms with E-state index in [1.165, 1.54) is 4.90 Å². The summed E-state index contributed by atoms with van der Waals surface area (Å²) in [5.74, 6) is 1.41. The highest BCUT2D eigenvalue weighted by molar-refractivity contribution is 5.87. The molecule has 84 valence electrons. The third-order valence-electron chi connectivity index (χ3n) is 2.53. The van der Waals surface area contributed by atoms with E-state index in [1.54, 1.807) is 0 Å². The van der Waals surface area contributed by atoms with Crippen molar-refractivity contribution in [1.29, 1.82) is 0 Å². The van der Waals surface area contributed by atoms with E-state index >= 15 is 0 Å². The van der Waals surface area contributed by atoms with E-state index in [0.29, 0.717) is 5.82 Å². The average Bonchev–Trinajstić information content (AvgIpc) is 2.26. The van der Waals surface area contributed by atoms with Crippen LogP contribution in [0.15, 0.2) is 24.3 Å². The second kappa shape index (κ2) is 4.45. The van der Waals surface area contributed by atoms with Crippen molar-refractivity contribution in [3.63, 3.8) is 0 Å². The average molecular weight is 217 g/mol. The molecule has 1 aromatic carbocycles. The van der Waals surface area contributed by atoms with E-state index in [4.69, 9.17) is 5.73 Å². The molecule has 0 unspecified atom stereocenters. The monoisotopic (exact) mass is 217 g/mol. The van der Waals surface area contributed by atoms with Crippen LogP contribution in [-0.2, 0) is 6.42 Å². The van der Waals surface area contributed by atoms with Gasteiger partial charge >= 0.3 is 0 Å². The molecule has 4 nitrogen and oxygen atoms in total. The van der Waals surface area contributed by atoms with E-state index in [-0.39, 0.29) is 0 Å². The van der Waals surface area contributed by atoms with Crippen molar-refractivity contribution in [3.8, 4) is 0 Å². The first-order valence-corrected chi connectivity index (χ1v) is 5.47. The first-order chi connectivity index (χ1) is 7.66. The summed E-state index contributed by atoms with van der Waals surface area (Å²) in [6, 6.07) is 7.84. The fraction of sp³-hybridized carbons (Fsp3) is 0.333.